The van der Waals surface area contributed by atoms with Gasteiger partial charge in [0, 0.05) is 18.8 Å². The van der Waals surface area contributed by atoms with E-state index < -0.39 is 0 Å². The zero-order chi connectivity index (χ0) is 13.2. The fourth-order valence-corrected chi connectivity index (χ4v) is 3.03. The Hall–Kier alpha value is -1.55. The van der Waals surface area contributed by atoms with Gasteiger partial charge in [-0.15, -0.1) is 0 Å². The summed E-state index contributed by atoms with van der Waals surface area (Å²) >= 11 is 0. The zero-order valence-electron chi connectivity index (χ0n) is 11.5. The van der Waals surface area contributed by atoms with Crippen molar-refractivity contribution in [1.82, 2.24) is 14.5 Å². The van der Waals surface area contributed by atoms with E-state index in [2.05, 4.69) is 27.4 Å². The van der Waals surface area contributed by atoms with Crippen LogP contribution in [0.5, 0.6) is 0 Å². The van der Waals surface area contributed by atoms with Crippen LogP contribution in [0.4, 0.5) is 5.69 Å². The maximum Gasteiger partial charge on any atom is 0.0958 e. The number of nitrogens with two attached hydrogens (primary N) is 1. The van der Waals surface area contributed by atoms with Crippen LogP contribution >= 0.6 is 0 Å². The Balaban J connectivity index is 1.70. The van der Waals surface area contributed by atoms with Crippen molar-refractivity contribution in [3.8, 4) is 0 Å². The van der Waals surface area contributed by atoms with Crippen LogP contribution in [0.3, 0.4) is 0 Å². The molecule has 1 aliphatic heterocycles. The van der Waals surface area contributed by atoms with Crippen molar-refractivity contribution < 1.29 is 0 Å². The Labute approximate surface area is 114 Å². The van der Waals surface area contributed by atoms with Crippen molar-refractivity contribution in [1.29, 1.82) is 0 Å². The maximum atomic E-state index is 5.79. The van der Waals surface area contributed by atoms with Gasteiger partial charge in [-0.1, -0.05) is 6.92 Å². The van der Waals surface area contributed by atoms with Gasteiger partial charge >= 0.3 is 0 Å². The van der Waals surface area contributed by atoms with E-state index in [9.17, 15) is 0 Å². The topological polar surface area (TPSA) is 47.1 Å². The number of rotatable bonds is 4. The summed E-state index contributed by atoms with van der Waals surface area (Å²) in [6, 6.07) is 5.96. The van der Waals surface area contributed by atoms with Gasteiger partial charge in [0.2, 0.25) is 0 Å². The lowest BCUT2D eigenvalue weighted by Crippen LogP contribution is -2.27. The molecule has 4 heteroatoms. The zero-order valence-corrected chi connectivity index (χ0v) is 11.5. The molecule has 0 amide bonds. The Morgan fingerprint density at radius 1 is 1.26 bits per heavy atom. The predicted molar refractivity (Wildman–Crippen MR) is 79.0 cm³/mol. The highest BCUT2D eigenvalue weighted by Gasteiger charge is 2.15. The molecule has 2 aromatic rings. The quantitative estimate of drug-likeness (QED) is 0.856. The monoisotopic (exact) mass is 258 g/mol. The summed E-state index contributed by atoms with van der Waals surface area (Å²) in [4.78, 5) is 7.00. The summed E-state index contributed by atoms with van der Waals surface area (Å²) in [7, 11) is 0. The van der Waals surface area contributed by atoms with Gasteiger partial charge in [-0.3, -0.25) is 0 Å². The van der Waals surface area contributed by atoms with Crippen LogP contribution in [0.2, 0.25) is 0 Å². The van der Waals surface area contributed by atoms with E-state index in [0.717, 1.165) is 17.7 Å². The molecule has 0 aliphatic carbocycles. The molecule has 3 rings (SSSR count). The first-order chi connectivity index (χ1) is 9.22. The molecule has 1 saturated heterocycles. The smallest absolute Gasteiger partial charge is 0.0958 e. The van der Waals surface area contributed by atoms with Crippen LogP contribution in [0.1, 0.15) is 19.8 Å². The fourth-order valence-electron chi connectivity index (χ4n) is 3.03. The third-order valence-electron chi connectivity index (χ3n) is 3.92. The van der Waals surface area contributed by atoms with Gasteiger partial charge in [-0.25, -0.2) is 4.98 Å². The number of nitrogens with zero attached hydrogens (tertiary/aromatic N) is 3. The number of fused-ring (bicyclic) bond motifs is 1. The molecular formula is C15H22N4. The van der Waals surface area contributed by atoms with E-state index in [-0.39, 0.29) is 0 Å². The van der Waals surface area contributed by atoms with Gasteiger partial charge in [0.1, 0.15) is 0 Å². The van der Waals surface area contributed by atoms with Crippen LogP contribution in [-0.2, 0) is 6.54 Å². The highest BCUT2D eigenvalue weighted by atomic mass is 15.1. The molecule has 1 aliphatic rings. The number of anilines is 1. The van der Waals surface area contributed by atoms with Crippen LogP contribution in [0, 0.1) is 5.92 Å². The molecule has 0 bridgehead atoms. The summed E-state index contributed by atoms with van der Waals surface area (Å²) in [6.07, 6.45) is 4.66. The second kappa shape index (κ2) is 5.21. The van der Waals surface area contributed by atoms with Crippen molar-refractivity contribution in [3.05, 3.63) is 24.5 Å². The number of likely N-dealkylation sites (tertiary alicyclic amines) is 1. The van der Waals surface area contributed by atoms with Crippen LogP contribution < -0.4 is 5.73 Å². The van der Waals surface area contributed by atoms with Crippen LogP contribution in [0.25, 0.3) is 11.0 Å². The molecule has 102 valence electrons. The summed E-state index contributed by atoms with van der Waals surface area (Å²) in [5.41, 5.74) is 8.74. The maximum absolute atomic E-state index is 5.79. The van der Waals surface area contributed by atoms with E-state index in [1.807, 2.05) is 18.5 Å². The Kier molecular flexibility index (Phi) is 3.42. The minimum Gasteiger partial charge on any atom is -0.399 e. The second-order valence-corrected chi connectivity index (χ2v) is 5.76. The summed E-state index contributed by atoms with van der Waals surface area (Å²) in [5, 5.41) is 0. The lowest BCUT2D eigenvalue weighted by atomic mass is 10.1. The van der Waals surface area contributed by atoms with Crippen molar-refractivity contribution in [3.63, 3.8) is 0 Å². The van der Waals surface area contributed by atoms with Gasteiger partial charge in [0.05, 0.1) is 17.4 Å². The standard InChI is InChI=1S/C15H22N4/c1-12(9-18-6-2-3-7-18)10-19-11-17-14-8-13(16)4-5-15(14)19/h4-5,8,11-12H,2-3,6-7,9-10,16H2,1H3. The number of benzene rings is 1. The molecule has 1 fully saturated rings. The van der Waals surface area contributed by atoms with E-state index in [1.165, 1.54) is 38.0 Å². The van der Waals surface area contributed by atoms with E-state index in [0.29, 0.717) is 5.92 Å². The molecule has 0 saturated carbocycles. The summed E-state index contributed by atoms with van der Waals surface area (Å²) in [6.45, 7) is 7.07. The Morgan fingerprint density at radius 3 is 2.84 bits per heavy atom. The van der Waals surface area contributed by atoms with Gasteiger partial charge in [-0.05, 0) is 50.0 Å². The number of hydrogen-bond acceptors (Lipinski definition) is 3. The lowest BCUT2D eigenvalue weighted by molar-refractivity contribution is 0.273. The molecule has 2 N–H and O–H groups in total. The van der Waals surface area contributed by atoms with Crippen molar-refractivity contribution >= 4 is 16.7 Å². The van der Waals surface area contributed by atoms with Crippen molar-refractivity contribution in [2.45, 2.75) is 26.3 Å². The minimum atomic E-state index is 0.646. The molecule has 1 atom stereocenters. The molecular weight excluding hydrogens is 236 g/mol. The largest absolute Gasteiger partial charge is 0.399 e. The first kappa shape index (κ1) is 12.5. The molecule has 0 spiro atoms. The average Bonchev–Trinajstić information content (AvgIpc) is 2.99. The first-order valence-corrected chi connectivity index (χ1v) is 7.15. The normalized spacial score (nSPS) is 18.2. The minimum absolute atomic E-state index is 0.646. The van der Waals surface area contributed by atoms with Gasteiger partial charge in [-0.2, -0.15) is 0 Å². The second-order valence-electron chi connectivity index (χ2n) is 5.76. The molecule has 0 radical (unpaired) electrons. The number of hydrogen-bond donors (Lipinski definition) is 1. The van der Waals surface area contributed by atoms with Crippen LogP contribution in [-0.4, -0.2) is 34.1 Å². The van der Waals surface area contributed by atoms with Crippen molar-refractivity contribution in [2.24, 2.45) is 5.92 Å². The van der Waals surface area contributed by atoms with E-state index >= 15 is 0 Å². The van der Waals surface area contributed by atoms with Gasteiger partial charge < -0.3 is 15.2 Å². The molecule has 4 nitrogen and oxygen atoms in total. The SMILES string of the molecule is CC(CN1CCCC1)Cn1cnc2cc(N)ccc21. The average molecular weight is 258 g/mol. The van der Waals surface area contributed by atoms with E-state index in [1.54, 1.807) is 0 Å². The molecule has 1 aromatic carbocycles. The van der Waals surface area contributed by atoms with E-state index in [4.69, 9.17) is 5.73 Å². The van der Waals surface area contributed by atoms with Gasteiger partial charge in [0.25, 0.3) is 0 Å². The van der Waals surface area contributed by atoms with Gasteiger partial charge in [0.15, 0.2) is 0 Å². The molecule has 1 unspecified atom stereocenters. The van der Waals surface area contributed by atoms with Crippen molar-refractivity contribution in [2.75, 3.05) is 25.4 Å². The summed E-state index contributed by atoms with van der Waals surface area (Å²) in [5.74, 6) is 0.646. The molecule has 1 aromatic heterocycles. The fraction of sp³-hybridized carbons (Fsp3) is 0.533. The molecule has 2 heterocycles. The number of imidazole rings is 1. The number of nitrogen functional groups attached to an aromatic ring is 1. The molecule has 19 heavy (non-hydrogen) atoms. The van der Waals surface area contributed by atoms with Crippen LogP contribution in [0.15, 0.2) is 24.5 Å². The Morgan fingerprint density at radius 2 is 2.05 bits per heavy atom. The highest BCUT2D eigenvalue weighted by molar-refractivity contribution is 5.78. The third kappa shape index (κ3) is 2.73. The third-order valence-corrected chi connectivity index (χ3v) is 3.92. The predicted octanol–water partition coefficient (Wildman–Crippen LogP) is 2.35. The number of aromatic nitrogens is 2. The summed E-state index contributed by atoms with van der Waals surface area (Å²) < 4.78 is 2.25. The lowest BCUT2D eigenvalue weighted by Gasteiger charge is -2.20. The first-order valence-electron chi connectivity index (χ1n) is 7.15. The Bertz CT molecular complexity index is 554. The highest BCUT2D eigenvalue weighted by Crippen LogP contribution is 2.18.